The number of aryl methyl sites for hydroxylation is 2. The topological polar surface area (TPSA) is 51.2 Å². The lowest BCUT2D eigenvalue weighted by Crippen LogP contribution is -2.16. The smallest absolute Gasteiger partial charge is 0.227 e. The minimum Gasteiger partial charge on any atom is -0.493 e. The van der Waals surface area contributed by atoms with Gasteiger partial charge in [0.15, 0.2) is 0 Å². The van der Waals surface area contributed by atoms with E-state index in [1.807, 2.05) is 31.2 Å². The van der Waals surface area contributed by atoms with Gasteiger partial charge in [0.05, 0.1) is 24.4 Å². The van der Waals surface area contributed by atoms with Crippen molar-refractivity contribution in [2.75, 3.05) is 11.9 Å². The van der Waals surface area contributed by atoms with Crippen LogP contribution in [0.4, 0.5) is 5.69 Å². The number of anilines is 1. The minimum atomic E-state index is -0.116. The molecule has 0 aliphatic heterocycles. The van der Waals surface area contributed by atoms with Crippen molar-refractivity contribution in [3.63, 3.8) is 0 Å². The molecule has 1 aromatic heterocycles. The molecule has 0 saturated carbocycles. The molecule has 0 saturated heterocycles. The maximum atomic E-state index is 11.9. The number of halogens is 1. The van der Waals surface area contributed by atoms with Crippen LogP contribution < -0.4 is 10.1 Å². The average molecular weight is 305 g/mol. The molecule has 1 aromatic carbocycles. The number of amides is 1. The molecule has 4 nitrogen and oxygen atoms in total. The second-order valence-corrected chi connectivity index (χ2v) is 5.12. The predicted octanol–water partition coefficient (Wildman–Crippen LogP) is 3.76. The number of hydrogen-bond acceptors (Lipinski definition) is 3. The van der Waals surface area contributed by atoms with Crippen LogP contribution in [-0.4, -0.2) is 17.5 Å². The lowest BCUT2D eigenvalue weighted by Gasteiger charge is -2.09. The van der Waals surface area contributed by atoms with Crippen LogP contribution in [0.25, 0.3) is 0 Å². The number of aromatic nitrogens is 1. The average Bonchev–Trinajstić information content (AvgIpc) is 2.42. The summed E-state index contributed by atoms with van der Waals surface area (Å²) in [5, 5.41) is 3.21. The summed E-state index contributed by atoms with van der Waals surface area (Å²) in [7, 11) is 0. The zero-order valence-corrected chi connectivity index (χ0v) is 12.8. The van der Waals surface area contributed by atoms with Gasteiger partial charge in [-0.05, 0) is 43.7 Å². The number of hydrogen-bond donors (Lipinski definition) is 1. The molecular formula is C16H17ClN2O2. The van der Waals surface area contributed by atoms with Gasteiger partial charge in [0.25, 0.3) is 0 Å². The fourth-order valence-electron chi connectivity index (χ4n) is 1.84. The lowest BCUT2D eigenvalue weighted by molar-refractivity contribution is -0.116. The molecule has 0 atom stereocenters. The first-order chi connectivity index (χ1) is 10.0. The summed E-state index contributed by atoms with van der Waals surface area (Å²) in [6, 6.07) is 11.1. The third-order valence-electron chi connectivity index (χ3n) is 2.91. The molecule has 0 bridgehead atoms. The van der Waals surface area contributed by atoms with Gasteiger partial charge in [-0.3, -0.25) is 4.79 Å². The number of ether oxygens (including phenoxy) is 1. The largest absolute Gasteiger partial charge is 0.493 e. The van der Waals surface area contributed by atoms with Crippen LogP contribution in [-0.2, 0) is 4.79 Å². The summed E-state index contributed by atoms with van der Waals surface area (Å²) in [6.45, 7) is 4.12. The Balaban J connectivity index is 1.82. The van der Waals surface area contributed by atoms with Crippen molar-refractivity contribution < 1.29 is 9.53 Å². The molecule has 1 amide bonds. The monoisotopic (exact) mass is 304 g/mol. The molecular weight excluding hydrogens is 288 g/mol. The molecule has 0 fully saturated rings. The van der Waals surface area contributed by atoms with E-state index in [4.69, 9.17) is 16.3 Å². The van der Waals surface area contributed by atoms with Crippen molar-refractivity contribution in [1.82, 2.24) is 4.98 Å². The van der Waals surface area contributed by atoms with Crippen LogP contribution in [0, 0.1) is 13.8 Å². The van der Waals surface area contributed by atoms with Gasteiger partial charge in [-0.1, -0.05) is 23.7 Å². The van der Waals surface area contributed by atoms with Gasteiger partial charge < -0.3 is 10.1 Å². The molecule has 2 aromatic rings. The third kappa shape index (κ3) is 4.76. The maximum Gasteiger partial charge on any atom is 0.227 e. The van der Waals surface area contributed by atoms with Gasteiger partial charge in [-0.25, -0.2) is 4.98 Å². The Hall–Kier alpha value is -2.07. The van der Waals surface area contributed by atoms with E-state index < -0.39 is 0 Å². The SMILES string of the molecule is Cc1cccc(OCCC(=O)Nc2ccc(Cl)nc2C)c1. The highest BCUT2D eigenvalue weighted by Crippen LogP contribution is 2.16. The van der Waals surface area contributed by atoms with Gasteiger partial charge in [0.2, 0.25) is 5.91 Å². The Kier molecular flexibility index (Phi) is 5.17. The number of pyridine rings is 1. The molecule has 0 radical (unpaired) electrons. The second-order valence-electron chi connectivity index (χ2n) is 4.73. The van der Waals surface area contributed by atoms with Gasteiger partial charge in [-0.2, -0.15) is 0 Å². The molecule has 5 heteroatoms. The molecule has 0 aliphatic carbocycles. The summed E-state index contributed by atoms with van der Waals surface area (Å²) in [6.07, 6.45) is 0.274. The molecule has 0 aliphatic rings. The van der Waals surface area contributed by atoms with Crippen molar-refractivity contribution in [2.45, 2.75) is 20.3 Å². The second kappa shape index (κ2) is 7.09. The van der Waals surface area contributed by atoms with Gasteiger partial charge in [0, 0.05) is 0 Å². The van der Waals surface area contributed by atoms with E-state index in [0.29, 0.717) is 23.1 Å². The van der Waals surface area contributed by atoms with E-state index in [9.17, 15) is 4.79 Å². The molecule has 1 N–H and O–H groups in total. The summed E-state index contributed by atoms with van der Waals surface area (Å²) in [5.74, 6) is 0.655. The van der Waals surface area contributed by atoms with Crippen LogP contribution in [0.15, 0.2) is 36.4 Å². The first-order valence-electron chi connectivity index (χ1n) is 6.67. The van der Waals surface area contributed by atoms with Crippen LogP contribution >= 0.6 is 11.6 Å². The van der Waals surface area contributed by atoms with Crippen LogP contribution in [0.5, 0.6) is 5.75 Å². The fraction of sp³-hybridized carbons (Fsp3) is 0.250. The van der Waals surface area contributed by atoms with Crippen LogP contribution in [0.2, 0.25) is 5.15 Å². The van der Waals surface area contributed by atoms with Crippen molar-refractivity contribution in [3.8, 4) is 5.75 Å². The Bertz CT molecular complexity index is 644. The number of carbonyl (C=O) groups is 1. The Morgan fingerprint density at radius 2 is 2.10 bits per heavy atom. The van der Waals surface area contributed by atoms with Crippen LogP contribution in [0.3, 0.4) is 0 Å². The Morgan fingerprint density at radius 1 is 1.29 bits per heavy atom. The Morgan fingerprint density at radius 3 is 2.81 bits per heavy atom. The summed E-state index contributed by atoms with van der Waals surface area (Å²) >= 11 is 5.77. The van der Waals surface area contributed by atoms with E-state index in [-0.39, 0.29) is 12.3 Å². The van der Waals surface area contributed by atoms with Crippen LogP contribution in [0.1, 0.15) is 17.7 Å². The van der Waals surface area contributed by atoms with Crippen molar-refractivity contribution >= 4 is 23.2 Å². The zero-order chi connectivity index (χ0) is 15.2. The molecule has 1 heterocycles. The standard InChI is InChI=1S/C16H17ClN2O2/c1-11-4-3-5-13(10-11)21-9-8-16(20)19-14-6-7-15(17)18-12(14)2/h3-7,10H,8-9H2,1-2H3,(H,19,20). The maximum absolute atomic E-state index is 11.9. The number of nitrogens with one attached hydrogen (secondary N) is 1. The van der Waals surface area contributed by atoms with E-state index in [2.05, 4.69) is 10.3 Å². The molecule has 2 rings (SSSR count). The quantitative estimate of drug-likeness (QED) is 0.856. The third-order valence-corrected chi connectivity index (χ3v) is 3.12. The van der Waals surface area contributed by atoms with Crippen molar-refractivity contribution in [2.24, 2.45) is 0 Å². The highest BCUT2D eigenvalue weighted by molar-refractivity contribution is 6.29. The highest BCUT2D eigenvalue weighted by atomic mass is 35.5. The van der Waals surface area contributed by atoms with Crippen molar-refractivity contribution in [1.29, 1.82) is 0 Å². The Labute approximate surface area is 129 Å². The van der Waals surface area contributed by atoms with Gasteiger partial charge >= 0.3 is 0 Å². The normalized spacial score (nSPS) is 10.2. The first kappa shape index (κ1) is 15.3. The van der Waals surface area contributed by atoms with E-state index in [1.54, 1.807) is 19.1 Å². The number of rotatable bonds is 5. The fourth-order valence-corrected chi connectivity index (χ4v) is 2.03. The predicted molar refractivity (Wildman–Crippen MR) is 83.9 cm³/mol. The van der Waals surface area contributed by atoms with Gasteiger partial charge in [-0.15, -0.1) is 0 Å². The summed E-state index contributed by atoms with van der Waals surface area (Å²) in [5.41, 5.74) is 2.48. The van der Waals surface area contributed by atoms with E-state index in [0.717, 1.165) is 11.3 Å². The minimum absolute atomic E-state index is 0.116. The highest BCUT2D eigenvalue weighted by Gasteiger charge is 2.06. The first-order valence-corrected chi connectivity index (χ1v) is 7.05. The number of nitrogens with zero attached hydrogens (tertiary/aromatic N) is 1. The lowest BCUT2D eigenvalue weighted by atomic mass is 10.2. The zero-order valence-electron chi connectivity index (χ0n) is 12.0. The van der Waals surface area contributed by atoms with Gasteiger partial charge in [0.1, 0.15) is 10.9 Å². The van der Waals surface area contributed by atoms with Crippen molar-refractivity contribution in [3.05, 3.63) is 52.8 Å². The molecule has 0 unspecified atom stereocenters. The number of carbonyl (C=O) groups excluding carboxylic acids is 1. The molecule has 0 spiro atoms. The molecule has 21 heavy (non-hydrogen) atoms. The summed E-state index contributed by atoms with van der Waals surface area (Å²) < 4.78 is 5.55. The number of benzene rings is 1. The van der Waals surface area contributed by atoms with E-state index >= 15 is 0 Å². The van der Waals surface area contributed by atoms with E-state index in [1.165, 1.54) is 0 Å². The molecule has 110 valence electrons. The summed E-state index contributed by atoms with van der Waals surface area (Å²) in [4.78, 5) is 15.9.